The van der Waals surface area contributed by atoms with Crippen molar-refractivity contribution in [1.82, 2.24) is 19.6 Å². The lowest BCUT2D eigenvalue weighted by Crippen LogP contribution is -2.46. The van der Waals surface area contributed by atoms with E-state index in [-0.39, 0.29) is 18.0 Å². The summed E-state index contributed by atoms with van der Waals surface area (Å²) in [6, 6.07) is 8.33. The Morgan fingerprint density at radius 3 is 2.54 bits per heavy atom. The van der Waals surface area contributed by atoms with E-state index in [2.05, 4.69) is 31.1 Å². The number of rotatable bonds is 5. The third-order valence-corrected chi connectivity index (χ3v) is 7.84. The van der Waals surface area contributed by atoms with E-state index in [1.807, 2.05) is 0 Å². The predicted molar refractivity (Wildman–Crippen MR) is 143 cm³/mol. The summed E-state index contributed by atoms with van der Waals surface area (Å²) in [5.41, 5.74) is 0.232. The number of likely N-dealkylation sites (N-methyl/N-ethyl adjacent to an activating group) is 1. The number of hydrogen-bond donors (Lipinski definition) is 0. The van der Waals surface area contributed by atoms with Gasteiger partial charge in [0.05, 0.1) is 35.0 Å². The molecule has 3 heterocycles. The van der Waals surface area contributed by atoms with Crippen LogP contribution in [0.2, 0.25) is 0 Å². The Hall–Kier alpha value is -3.36. The van der Waals surface area contributed by atoms with Crippen molar-refractivity contribution in [3.8, 4) is 5.75 Å². The maximum atomic E-state index is 13.8. The molecule has 1 aromatic heterocycles. The minimum atomic E-state index is -4.73. The van der Waals surface area contributed by atoms with Gasteiger partial charge in [-0.3, -0.25) is 9.48 Å². The molecule has 0 radical (unpaired) electrons. The number of benzene rings is 2. The summed E-state index contributed by atoms with van der Waals surface area (Å²) in [4.78, 5) is 21.6. The van der Waals surface area contributed by atoms with Crippen LogP contribution in [-0.4, -0.2) is 78.6 Å². The largest absolute Gasteiger partial charge is 0.416 e. The molecule has 206 valence electrons. The predicted octanol–water partition coefficient (Wildman–Crippen LogP) is 3.66. The molecule has 0 N–H and O–H groups in total. The Balaban J connectivity index is 1.36. The molecular formula is C25H24F3N5O4S2. The summed E-state index contributed by atoms with van der Waals surface area (Å²) in [6.45, 7) is 3.20. The van der Waals surface area contributed by atoms with Gasteiger partial charge in [0.25, 0.3) is 5.91 Å². The first-order valence-electron chi connectivity index (χ1n) is 11.9. The number of fused-ring (bicyclic) bond motifs is 1. The topological polar surface area (TPSA) is 97.1 Å². The van der Waals surface area contributed by atoms with Crippen LogP contribution in [-0.2, 0) is 27.6 Å². The third-order valence-electron chi connectivity index (χ3n) is 6.30. The molecule has 2 aromatic carbocycles. The summed E-state index contributed by atoms with van der Waals surface area (Å²) >= 11 is 1.34. The Morgan fingerprint density at radius 1 is 1.10 bits per heavy atom. The number of halogens is 3. The maximum absolute atomic E-state index is 13.8. The molecule has 3 aromatic rings. The van der Waals surface area contributed by atoms with Crippen molar-refractivity contribution in [3.63, 3.8) is 0 Å². The van der Waals surface area contributed by atoms with Crippen LogP contribution in [0.25, 0.3) is 17.0 Å². The van der Waals surface area contributed by atoms with Crippen molar-refractivity contribution in [3.05, 3.63) is 64.2 Å². The van der Waals surface area contributed by atoms with E-state index in [0.717, 1.165) is 38.0 Å². The molecule has 0 aliphatic carbocycles. The first kappa shape index (κ1) is 27.2. The zero-order chi connectivity index (χ0) is 27.9. The van der Waals surface area contributed by atoms with Crippen molar-refractivity contribution in [2.75, 3.05) is 39.5 Å². The molecule has 0 saturated carbocycles. The van der Waals surface area contributed by atoms with Gasteiger partial charge in [0.2, 0.25) is 0 Å². The number of amidine groups is 1. The number of carbonyl (C=O) groups is 1. The fourth-order valence-electron chi connectivity index (χ4n) is 4.35. The van der Waals surface area contributed by atoms with Crippen molar-refractivity contribution in [2.45, 2.75) is 12.7 Å². The van der Waals surface area contributed by atoms with Gasteiger partial charge in [0.1, 0.15) is 5.75 Å². The lowest BCUT2D eigenvalue weighted by molar-refractivity contribution is -0.138. The zero-order valence-electron chi connectivity index (χ0n) is 21.0. The Morgan fingerprint density at radius 2 is 1.85 bits per heavy atom. The molecule has 0 atom stereocenters. The summed E-state index contributed by atoms with van der Waals surface area (Å²) in [6.07, 6.45) is -0.680. The van der Waals surface area contributed by atoms with E-state index in [4.69, 9.17) is 0 Å². The number of thioether (sulfide) groups is 1. The van der Waals surface area contributed by atoms with E-state index in [1.165, 1.54) is 28.6 Å². The van der Waals surface area contributed by atoms with Crippen LogP contribution in [0.4, 0.5) is 13.2 Å². The van der Waals surface area contributed by atoms with Gasteiger partial charge in [-0.2, -0.15) is 31.7 Å². The molecule has 14 heteroatoms. The van der Waals surface area contributed by atoms with Gasteiger partial charge in [-0.05, 0) is 60.3 Å². The Labute approximate surface area is 227 Å². The van der Waals surface area contributed by atoms with Gasteiger partial charge in [0.15, 0.2) is 5.17 Å². The molecule has 9 nitrogen and oxygen atoms in total. The van der Waals surface area contributed by atoms with Gasteiger partial charge in [-0.25, -0.2) is 0 Å². The van der Waals surface area contributed by atoms with Crippen molar-refractivity contribution in [1.29, 1.82) is 0 Å². The second kappa shape index (κ2) is 10.3. The quantitative estimate of drug-likeness (QED) is 0.334. The minimum absolute atomic E-state index is 0.0962. The van der Waals surface area contributed by atoms with E-state index in [1.54, 1.807) is 30.5 Å². The average Bonchev–Trinajstić information content (AvgIpc) is 3.41. The molecule has 39 heavy (non-hydrogen) atoms. The molecule has 1 amide bonds. The number of alkyl halides is 3. The highest BCUT2D eigenvalue weighted by molar-refractivity contribution is 8.18. The summed E-state index contributed by atoms with van der Waals surface area (Å²) in [5.74, 6) is -0.719. The van der Waals surface area contributed by atoms with E-state index in [9.17, 15) is 26.4 Å². The van der Waals surface area contributed by atoms with Crippen LogP contribution in [0.1, 0.15) is 16.7 Å². The standard InChI is InChI=1S/C25H24F3N5O4S2/c1-31-7-9-32(10-8-31)24-30-23(34)22(38-24)12-16-3-6-21-18(11-16)14-29-33(21)15-17-4-5-19(37-39(2,35)36)13-20(17)25(26,27)28/h3-6,11-14H,7-10,15H2,1-2H3. The summed E-state index contributed by atoms with van der Waals surface area (Å²) in [5, 5.41) is 5.64. The van der Waals surface area contributed by atoms with Crippen LogP contribution in [0.3, 0.4) is 0 Å². The fourth-order valence-corrected chi connectivity index (χ4v) is 5.77. The fraction of sp³-hybridized carbons (Fsp3) is 0.320. The van der Waals surface area contributed by atoms with Crippen LogP contribution < -0.4 is 4.18 Å². The minimum Gasteiger partial charge on any atom is -0.383 e. The van der Waals surface area contributed by atoms with E-state index in [0.29, 0.717) is 27.0 Å². The van der Waals surface area contributed by atoms with E-state index < -0.39 is 27.6 Å². The number of carbonyl (C=O) groups excluding carboxylic acids is 1. The normalized spacial score (nSPS) is 18.3. The van der Waals surface area contributed by atoms with Gasteiger partial charge in [-0.1, -0.05) is 12.1 Å². The molecule has 1 saturated heterocycles. The number of piperazine rings is 1. The first-order valence-corrected chi connectivity index (χ1v) is 14.5. The lowest BCUT2D eigenvalue weighted by Gasteiger charge is -2.32. The molecule has 0 unspecified atom stereocenters. The highest BCUT2D eigenvalue weighted by Gasteiger charge is 2.34. The van der Waals surface area contributed by atoms with Gasteiger partial charge in [-0.15, -0.1) is 0 Å². The van der Waals surface area contributed by atoms with Crippen LogP contribution in [0, 0.1) is 0 Å². The Kier molecular flexibility index (Phi) is 7.20. The molecular weight excluding hydrogens is 555 g/mol. The molecule has 5 rings (SSSR count). The Bertz CT molecular complexity index is 1610. The summed E-state index contributed by atoms with van der Waals surface area (Å²) in [7, 11) is -1.93. The summed E-state index contributed by atoms with van der Waals surface area (Å²) < 4.78 is 70.0. The number of hydrogen-bond acceptors (Lipinski definition) is 8. The van der Waals surface area contributed by atoms with E-state index >= 15 is 0 Å². The molecule has 1 fully saturated rings. The number of aromatic nitrogens is 2. The van der Waals surface area contributed by atoms with Crippen molar-refractivity contribution < 1.29 is 30.6 Å². The lowest BCUT2D eigenvalue weighted by atomic mass is 10.1. The maximum Gasteiger partial charge on any atom is 0.416 e. The highest BCUT2D eigenvalue weighted by Crippen LogP contribution is 2.36. The van der Waals surface area contributed by atoms with Crippen molar-refractivity contribution in [2.24, 2.45) is 4.99 Å². The zero-order valence-corrected chi connectivity index (χ0v) is 22.6. The molecule has 0 spiro atoms. The smallest absolute Gasteiger partial charge is 0.383 e. The van der Waals surface area contributed by atoms with Crippen molar-refractivity contribution >= 4 is 49.9 Å². The second-order valence-electron chi connectivity index (χ2n) is 9.33. The molecule has 2 aliphatic heterocycles. The number of nitrogens with zero attached hydrogens (tertiary/aromatic N) is 5. The number of aliphatic imine (C=N–C) groups is 1. The molecule has 0 bridgehead atoms. The second-order valence-corrected chi connectivity index (χ2v) is 11.9. The number of amides is 1. The van der Waals surface area contributed by atoms with Gasteiger partial charge >= 0.3 is 16.3 Å². The monoisotopic (exact) mass is 579 g/mol. The first-order chi connectivity index (χ1) is 18.4. The SMILES string of the molecule is CN1CCN(C2=NC(=O)C(=Cc3ccc4c(cnn4Cc4ccc(OS(C)(=O)=O)cc4C(F)(F)F)c3)S2)CC1. The molecule has 2 aliphatic rings. The highest BCUT2D eigenvalue weighted by atomic mass is 32.2. The van der Waals surface area contributed by atoms with Crippen LogP contribution >= 0.6 is 11.8 Å². The van der Waals surface area contributed by atoms with Gasteiger partial charge < -0.3 is 14.0 Å². The van der Waals surface area contributed by atoms with Crippen LogP contribution in [0.15, 0.2) is 52.5 Å². The average molecular weight is 580 g/mol. The third kappa shape index (κ3) is 6.28. The van der Waals surface area contributed by atoms with Gasteiger partial charge in [0, 0.05) is 31.6 Å². The van der Waals surface area contributed by atoms with Crippen LogP contribution in [0.5, 0.6) is 5.75 Å².